The molecule has 1 aromatic heterocycles. The van der Waals surface area contributed by atoms with Crippen molar-refractivity contribution in [3.63, 3.8) is 0 Å². The third-order valence-corrected chi connectivity index (χ3v) is 4.38. The summed E-state index contributed by atoms with van der Waals surface area (Å²) in [7, 11) is 3.44. The van der Waals surface area contributed by atoms with Crippen molar-refractivity contribution < 1.29 is 9.53 Å². The second kappa shape index (κ2) is 6.98. The summed E-state index contributed by atoms with van der Waals surface area (Å²) in [5.74, 6) is 0.0522. The van der Waals surface area contributed by atoms with E-state index in [-0.39, 0.29) is 0 Å². The van der Waals surface area contributed by atoms with Crippen LogP contribution in [0.25, 0.3) is 11.3 Å². The first-order chi connectivity index (χ1) is 12.0. The van der Waals surface area contributed by atoms with Crippen molar-refractivity contribution in [2.45, 2.75) is 0 Å². The van der Waals surface area contributed by atoms with Gasteiger partial charge in [-0.2, -0.15) is 5.10 Å². The molecule has 0 aliphatic rings. The minimum atomic E-state index is -0.493. The monoisotopic (exact) mass is 400 g/mol. The largest absolute Gasteiger partial charge is 0.495 e. The van der Waals surface area contributed by atoms with E-state index < -0.39 is 5.91 Å². The Bertz CT molecular complexity index is 917. The van der Waals surface area contributed by atoms with Crippen LogP contribution in [0.3, 0.4) is 0 Å². The summed E-state index contributed by atoms with van der Waals surface area (Å²) in [5.41, 5.74) is 9.35. The van der Waals surface area contributed by atoms with E-state index in [1.807, 2.05) is 36.0 Å². The predicted octanol–water partition coefficient (Wildman–Crippen LogP) is 3.70. The van der Waals surface area contributed by atoms with Gasteiger partial charge in [-0.25, -0.2) is 0 Å². The van der Waals surface area contributed by atoms with E-state index in [9.17, 15) is 4.79 Å². The van der Waals surface area contributed by atoms with Crippen LogP contribution in [0.2, 0.25) is 0 Å². The fourth-order valence-corrected chi connectivity index (χ4v) is 3.16. The number of carbonyl (C=O) groups excluding carboxylic acids is 1. The number of methoxy groups -OCH3 is 1. The number of aryl methyl sites for hydroxylation is 1. The van der Waals surface area contributed by atoms with E-state index in [0.29, 0.717) is 11.3 Å². The Balaban J connectivity index is 1.94. The summed E-state index contributed by atoms with van der Waals surface area (Å²) < 4.78 is 8.09. The van der Waals surface area contributed by atoms with Crippen LogP contribution in [-0.4, -0.2) is 22.8 Å². The van der Waals surface area contributed by atoms with Crippen molar-refractivity contribution in [1.29, 1.82) is 0 Å². The quantitative estimate of drug-likeness (QED) is 0.683. The molecule has 0 bridgehead atoms. The van der Waals surface area contributed by atoms with Gasteiger partial charge < -0.3 is 15.8 Å². The maximum absolute atomic E-state index is 11.3. The lowest BCUT2D eigenvalue weighted by molar-refractivity contribution is 0.1000. The number of rotatable bonds is 5. The van der Waals surface area contributed by atoms with Gasteiger partial charge in [-0.05, 0) is 46.3 Å². The van der Waals surface area contributed by atoms with Crippen LogP contribution in [-0.2, 0) is 7.05 Å². The number of nitrogens with one attached hydrogen (secondary N) is 1. The molecule has 0 spiro atoms. The molecule has 0 radical (unpaired) electrons. The lowest BCUT2D eigenvalue weighted by atomic mass is 10.1. The number of primary amides is 1. The van der Waals surface area contributed by atoms with Crippen LogP contribution in [0.15, 0.2) is 53.1 Å². The molecule has 3 N–H and O–H groups in total. The summed E-state index contributed by atoms with van der Waals surface area (Å²) in [6, 6.07) is 13.0. The first-order valence-corrected chi connectivity index (χ1v) is 8.31. The third-order valence-electron chi connectivity index (χ3n) is 3.80. The number of amides is 1. The molecule has 0 aliphatic carbocycles. The van der Waals surface area contributed by atoms with Crippen LogP contribution in [0, 0.1) is 0 Å². The SMILES string of the molecule is COc1cc(C(N)=O)ccc1Nc1cccc(-c2c(Br)cnn2C)c1. The zero-order valence-corrected chi connectivity index (χ0v) is 15.4. The Morgan fingerprint density at radius 2 is 2.08 bits per heavy atom. The number of hydrogen-bond donors (Lipinski definition) is 2. The number of hydrogen-bond acceptors (Lipinski definition) is 4. The summed E-state index contributed by atoms with van der Waals surface area (Å²) in [6.07, 6.45) is 1.76. The fourth-order valence-electron chi connectivity index (χ4n) is 2.58. The van der Waals surface area contributed by atoms with Crippen LogP contribution in [0.1, 0.15) is 10.4 Å². The molecular weight excluding hydrogens is 384 g/mol. The van der Waals surface area contributed by atoms with Gasteiger partial charge in [0.2, 0.25) is 5.91 Å². The van der Waals surface area contributed by atoms with Gasteiger partial charge >= 0.3 is 0 Å². The van der Waals surface area contributed by atoms with Crippen molar-refractivity contribution in [1.82, 2.24) is 9.78 Å². The molecule has 2 aromatic carbocycles. The van der Waals surface area contributed by atoms with E-state index in [0.717, 1.165) is 27.1 Å². The Hall–Kier alpha value is -2.80. The number of benzene rings is 2. The fraction of sp³-hybridized carbons (Fsp3) is 0.111. The maximum Gasteiger partial charge on any atom is 0.248 e. The lowest BCUT2D eigenvalue weighted by Crippen LogP contribution is -2.11. The second-order valence-corrected chi connectivity index (χ2v) is 6.30. The number of carbonyl (C=O) groups is 1. The summed E-state index contributed by atoms with van der Waals surface area (Å²) in [5, 5.41) is 7.55. The molecular formula is C18H17BrN4O2. The summed E-state index contributed by atoms with van der Waals surface area (Å²) in [4.78, 5) is 11.3. The third kappa shape index (κ3) is 3.51. The number of aromatic nitrogens is 2. The highest BCUT2D eigenvalue weighted by Crippen LogP contribution is 2.32. The Kier molecular flexibility index (Phi) is 4.76. The van der Waals surface area contributed by atoms with Gasteiger partial charge in [-0.3, -0.25) is 9.48 Å². The Morgan fingerprint density at radius 1 is 1.28 bits per heavy atom. The molecule has 7 heteroatoms. The van der Waals surface area contributed by atoms with Crippen LogP contribution >= 0.6 is 15.9 Å². The van der Waals surface area contributed by atoms with E-state index in [1.165, 1.54) is 0 Å². The van der Waals surface area contributed by atoms with E-state index in [2.05, 4.69) is 26.3 Å². The van der Waals surface area contributed by atoms with Crippen molar-refractivity contribution in [3.05, 3.63) is 58.7 Å². The molecule has 128 valence electrons. The minimum Gasteiger partial charge on any atom is -0.495 e. The normalized spacial score (nSPS) is 10.5. The van der Waals surface area contributed by atoms with Gasteiger partial charge in [0.05, 0.1) is 29.2 Å². The average molecular weight is 401 g/mol. The molecule has 0 saturated heterocycles. The number of nitrogens with zero attached hydrogens (tertiary/aromatic N) is 2. The molecule has 6 nitrogen and oxygen atoms in total. The van der Waals surface area contributed by atoms with Gasteiger partial charge in [-0.1, -0.05) is 12.1 Å². The molecule has 0 fully saturated rings. The van der Waals surface area contributed by atoms with E-state index in [4.69, 9.17) is 10.5 Å². The zero-order valence-electron chi connectivity index (χ0n) is 13.8. The average Bonchev–Trinajstić information content (AvgIpc) is 2.94. The highest BCUT2D eigenvalue weighted by molar-refractivity contribution is 9.10. The standard InChI is InChI=1S/C18H17BrN4O2/c1-23-17(14(19)10-21-23)11-4-3-5-13(8-11)22-15-7-6-12(18(20)24)9-16(15)25-2/h3-10,22H,1-2H3,(H2,20,24). The maximum atomic E-state index is 11.3. The molecule has 0 unspecified atom stereocenters. The summed E-state index contributed by atoms with van der Waals surface area (Å²) in [6.45, 7) is 0. The Labute approximate surface area is 153 Å². The molecule has 1 amide bonds. The van der Waals surface area contributed by atoms with Crippen molar-refractivity contribution in [3.8, 4) is 17.0 Å². The predicted molar refractivity (Wildman–Crippen MR) is 101 cm³/mol. The number of nitrogens with two attached hydrogens (primary N) is 1. The van der Waals surface area contributed by atoms with Crippen LogP contribution in [0.5, 0.6) is 5.75 Å². The van der Waals surface area contributed by atoms with Crippen molar-refractivity contribution >= 4 is 33.2 Å². The van der Waals surface area contributed by atoms with E-state index in [1.54, 1.807) is 31.5 Å². The lowest BCUT2D eigenvalue weighted by Gasteiger charge is -2.13. The van der Waals surface area contributed by atoms with Crippen LogP contribution < -0.4 is 15.8 Å². The van der Waals surface area contributed by atoms with E-state index >= 15 is 0 Å². The van der Waals surface area contributed by atoms with Crippen molar-refractivity contribution in [2.24, 2.45) is 12.8 Å². The molecule has 3 rings (SSSR count). The van der Waals surface area contributed by atoms with Gasteiger partial charge in [0, 0.05) is 23.9 Å². The topological polar surface area (TPSA) is 82.2 Å². The molecule has 0 aliphatic heterocycles. The van der Waals surface area contributed by atoms with Gasteiger partial charge in [0.1, 0.15) is 5.75 Å². The molecule has 1 heterocycles. The van der Waals surface area contributed by atoms with Gasteiger partial charge in [-0.15, -0.1) is 0 Å². The van der Waals surface area contributed by atoms with Crippen LogP contribution in [0.4, 0.5) is 11.4 Å². The zero-order chi connectivity index (χ0) is 18.0. The first kappa shape index (κ1) is 17.0. The first-order valence-electron chi connectivity index (χ1n) is 7.52. The molecule has 25 heavy (non-hydrogen) atoms. The molecule has 0 saturated carbocycles. The molecule has 0 atom stereocenters. The number of halogens is 1. The summed E-state index contributed by atoms with van der Waals surface area (Å²) >= 11 is 3.52. The molecule has 3 aromatic rings. The smallest absolute Gasteiger partial charge is 0.248 e. The highest BCUT2D eigenvalue weighted by Gasteiger charge is 2.11. The van der Waals surface area contributed by atoms with Crippen molar-refractivity contribution in [2.75, 3.05) is 12.4 Å². The Morgan fingerprint density at radius 3 is 2.72 bits per heavy atom. The second-order valence-electron chi connectivity index (χ2n) is 5.45. The van der Waals surface area contributed by atoms with Gasteiger partial charge in [0.25, 0.3) is 0 Å². The van der Waals surface area contributed by atoms with Gasteiger partial charge in [0.15, 0.2) is 0 Å². The highest BCUT2D eigenvalue weighted by atomic mass is 79.9. The number of ether oxygens (including phenoxy) is 1. The number of anilines is 2. The minimum absolute atomic E-state index is 0.398.